The average Bonchev–Trinajstić information content (AvgIpc) is 2.74. The minimum absolute atomic E-state index is 0.00598. The number of nitrogens with zero attached hydrogens (tertiary/aromatic N) is 2. The van der Waals surface area contributed by atoms with Gasteiger partial charge in [-0.15, -0.1) is 0 Å². The summed E-state index contributed by atoms with van der Waals surface area (Å²) in [7, 11) is 0. The summed E-state index contributed by atoms with van der Waals surface area (Å²) in [5, 5.41) is 0. The number of hydrogen-bond acceptors (Lipinski definition) is 4. The van der Waals surface area contributed by atoms with Gasteiger partial charge in [0.2, 0.25) is 17.7 Å². The number of piperidine rings is 1. The molecule has 0 spiro atoms. The largest absolute Gasteiger partial charge is 0.340 e. The zero-order valence-electron chi connectivity index (χ0n) is 23.1. The van der Waals surface area contributed by atoms with Gasteiger partial charge in [-0.3, -0.25) is 30.1 Å². The van der Waals surface area contributed by atoms with Crippen molar-refractivity contribution in [3.8, 4) is 0 Å². The van der Waals surface area contributed by atoms with Gasteiger partial charge in [0.05, 0.1) is 0 Å². The van der Waals surface area contributed by atoms with Crippen molar-refractivity contribution in [2.24, 2.45) is 0 Å². The molecular formula is C27H52N4O3. The molecule has 0 bridgehead atoms. The maximum atomic E-state index is 13.0. The highest BCUT2D eigenvalue weighted by Crippen LogP contribution is 2.40. The molecule has 0 aromatic carbocycles. The van der Waals surface area contributed by atoms with E-state index in [0.717, 1.165) is 38.6 Å². The molecule has 0 aliphatic carbocycles. The predicted octanol–water partition coefficient (Wildman–Crippen LogP) is 4.94. The molecule has 1 fully saturated rings. The third kappa shape index (κ3) is 9.93. The maximum Gasteiger partial charge on any atom is 0.238 e. The maximum absolute atomic E-state index is 13.0. The second kappa shape index (κ2) is 14.7. The van der Waals surface area contributed by atoms with Gasteiger partial charge in [-0.1, -0.05) is 52.4 Å². The van der Waals surface area contributed by atoms with E-state index in [-0.39, 0.29) is 47.7 Å². The number of rotatable bonds is 14. The molecule has 1 saturated heterocycles. The van der Waals surface area contributed by atoms with Gasteiger partial charge < -0.3 is 4.90 Å². The normalized spacial score (nSPS) is 17.9. The van der Waals surface area contributed by atoms with E-state index < -0.39 is 0 Å². The van der Waals surface area contributed by atoms with Crippen LogP contribution in [0.4, 0.5) is 0 Å². The van der Waals surface area contributed by atoms with Gasteiger partial charge in [-0.25, -0.2) is 0 Å². The zero-order valence-corrected chi connectivity index (χ0v) is 23.1. The number of hydrazine groups is 1. The van der Waals surface area contributed by atoms with Crippen LogP contribution in [-0.4, -0.2) is 57.7 Å². The van der Waals surface area contributed by atoms with E-state index in [9.17, 15) is 14.4 Å². The summed E-state index contributed by atoms with van der Waals surface area (Å²) in [5.41, 5.74) is 4.97. The Hall–Kier alpha value is -1.63. The first-order valence-corrected chi connectivity index (χ1v) is 13.6. The van der Waals surface area contributed by atoms with Crippen molar-refractivity contribution in [3.63, 3.8) is 0 Å². The molecule has 2 N–H and O–H groups in total. The van der Waals surface area contributed by atoms with Crippen LogP contribution in [0.3, 0.4) is 0 Å². The van der Waals surface area contributed by atoms with Crippen molar-refractivity contribution in [1.82, 2.24) is 20.7 Å². The molecular weight excluding hydrogens is 428 g/mol. The Morgan fingerprint density at radius 3 is 1.76 bits per heavy atom. The molecule has 3 amide bonds. The van der Waals surface area contributed by atoms with E-state index in [0.29, 0.717) is 13.0 Å². The fourth-order valence-electron chi connectivity index (χ4n) is 5.85. The quantitative estimate of drug-likeness (QED) is 0.272. The molecule has 1 aliphatic heterocycles. The summed E-state index contributed by atoms with van der Waals surface area (Å²) >= 11 is 0. The van der Waals surface area contributed by atoms with Crippen molar-refractivity contribution in [1.29, 1.82) is 0 Å². The number of amides is 3. The number of carbonyl (C=O) groups excluding carboxylic acids is 3. The van der Waals surface area contributed by atoms with Crippen LogP contribution in [0.5, 0.6) is 0 Å². The first-order chi connectivity index (χ1) is 16.0. The van der Waals surface area contributed by atoms with Crippen LogP contribution in [-0.2, 0) is 14.4 Å². The van der Waals surface area contributed by atoms with Gasteiger partial charge >= 0.3 is 0 Å². The molecule has 1 heterocycles. The fraction of sp³-hybridized carbons (Fsp3) is 0.889. The van der Waals surface area contributed by atoms with Crippen LogP contribution in [0.15, 0.2) is 0 Å². The molecule has 0 saturated carbocycles. The van der Waals surface area contributed by atoms with E-state index >= 15 is 0 Å². The van der Waals surface area contributed by atoms with Crippen LogP contribution in [0.2, 0.25) is 0 Å². The summed E-state index contributed by atoms with van der Waals surface area (Å²) < 4.78 is 0. The standard InChI is InChI=1S/C27H52N4O3/c1-8-11-12-13-14-15-16-17-23(32)28-29-24(33)18-19-25(34)30(9-2)22-20-26(4,5)31(10-3)27(6,7)21-22/h22H,8-21H2,1-7H3,(H,28,32)(H,29,33). The van der Waals surface area contributed by atoms with Gasteiger partial charge in [0.25, 0.3) is 0 Å². The van der Waals surface area contributed by atoms with Gasteiger partial charge in [-0.2, -0.15) is 0 Å². The summed E-state index contributed by atoms with van der Waals surface area (Å²) in [4.78, 5) is 41.6. The second-order valence-corrected chi connectivity index (χ2v) is 11.1. The molecule has 7 nitrogen and oxygen atoms in total. The predicted molar refractivity (Wildman–Crippen MR) is 139 cm³/mol. The van der Waals surface area contributed by atoms with Gasteiger partial charge in [0, 0.05) is 42.9 Å². The Kier molecular flexibility index (Phi) is 13.1. The second-order valence-electron chi connectivity index (χ2n) is 11.1. The molecule has 198 valence electrons. The molecule has 0 atom stereocenters. The van der Waals surface area contributed by atoms with Crippen LogP contribution in [0, 0.1) is 0 Å². The summed E-state index contributed by atoms with van der Waals surface area (Å²) in [6, 6.07) is 0.162. The zero-order chi connectivity index (χ0) is 25.8. The van der Waals surface area contributed by atoms with Gasteiger partial charge in [0.1, 0.15) is 0 Å². The highest BCUT2D eigenvalue weighted by Gasteiger charge is 2.46. The van der Waals surface area contributed by atoms with Crippen molar-refractivity contribution >= 4 is 17.7 Å². The number of hydrogen-bond donors (Lipinski definition) is 2. The third-order valence-corrected chi connectivity index (χ3v) is 7.26. The molecule has 34 heavy (non-hydrogen) atoms. The first-order valence-electron chi connectivity index (χ1n) is 13.6. The summed E-state index contributed by atoms with van der Waals surface area (Å²) in [5.74, 6) is -0.483. The monoisotopic (exact) mass is 480 g/mol. The number of nitrogens with one attached hydrogen (secondary N) is 2. The van der Waals surface area contributed by atoms with E-state index in [4.69, 9.17) is 0 Å². The average molecular weight is 481 g/mol. The molecule has 0 radical (unpaired) electrons. The Bertz CT molecular complexity index is 630. The Morgan fingerprint density at radius 2 is 1.26 bits per heavy atom. The smallest absolute Gasteiger partial charge is 0.238 e. The molecule has 0 aromatic rings. The van der Waals surface area contributed by atoms with Crippen LogP contribution >= 0.6 is 0 Å². The number of unbranched alkanes of at least 4 members (excludes halogenated alkanes) is 6. The van der Waals surface area contributed by atoms with Crippen molar-refractivity contribution in [2.75, 3.05) is 13.1 Å². The van der Waals surface area contributed by atoms with Crippen molar-refractivity contribution < 1.29 is 14.4 Å². The Balaban J connectivity index is 2.39. The highest BCUT2D eigenvalue weighted by molar-refractivity contribution is 5.85. The van der Waals surface area contributed by atoms with Crippen LogP contribution in [0.25, 0.3) is 0 Å². The number of likely N-dealkylation sites (tertiary alicyclic amines) is 1. The van der Waals surface area contributed by atoms with Crippen molar-refractivity contribution in [3.05, 3.63) is 0 Å². The molecule has 1 aliphatic rings. The van der Waals surface area contributed by atoms with Gasteiger partial charge in [0.15, 0.2) is 0 Å². The van der Waals surface area contributed by atoms with E-state index in [1.807, 2.05) is 11.8 Å². The summed E-state index contributed by atoms with van der Waals surface area (Å²) in [6.45, 7) is 17.0. The van der Waals surface area contributed by atoms with Crippen molar-refractivity contribution in [2.45, 2.75) is 143 Å². The van der Waals surface area contributed by atoms with Crippen LogP contribution in [0.1, 0.15) is 126 Å². The Morgan fingerprint density at radius 1 is 0.765 bits per heavy atom. The topological polar surface area (TPSA) is 81.8 Å². The first kappa shape index (κ1) is 30.4. The minimum Gasteiger partial charge on any atom is -0.340 e. The lowest BCUT2D eigenvalue weighted by atomic mass is 9.76. The highest BCUT2D eigenvalue weighted by atomic mass is 16.2. The van der Waals surface area contributed by atoms with E-state index in [2.05, 4.69) is 57.3 Å². The lowest BCUT2D eigenvalue weighted by molar-refractivity contribution is -0.140. The summed E-state index contributed by atoms with van der Waals surface area (Å²) in [6.07, 6.45) is 10.5. The molecule has 7 heteroatoms. The lowest BCUT2D eigenvalue weighted by Gasteiger charge is -2.56. The molecule has 0 aromatic heterocycles. The van der Waals surface area contributed by atoms with E-state index in [1.165, 1.54) is 25.7 Å². The fourth-order valence-corrected chi connectivity index (χ4v) is 5.85. The number of carbonyl (C=O) groups is 3. The molecule has 1 rings (SSSR count). The lowest BCUT2D eigenvalue weighted by Crippen LogP contribution is -2.64. The van der Waals surface area contributed by atoms with E-state index in [1.54, 1.807) is 0 Å². The Labute approximate surface area is 208 Å². The molecule has 0 unspecified atom stereocenters. The van der Waals surface area contributed by atoms with Gasteiger partial charge in [-0.05, 0) is 60.4 Å². The SMILES string of the molecule is CCCCCCCCCC(=O)NNC(=O)CCC(=O)N(CC)C1CC(C)(C)N(CC)C(C)(C)C1. The third-order valence-electron chi connectivity index (χ3n) is 7.26. The minimum atomic E-state index is -0.321. The van der Waals surface area contributed by atoms with Crippen LogP contribution < -0.4 is 10.9 Å².